The van der Waals surface area contributed by atoms with E-state index in [0.29, 0.717) is 32.9 Å². The molecule has 1 amide bonds. The molecule has 2 N–H and O–H groups in total. The van der Waals surface area contributed by atoms with Crippen molar-refractivity contribution in [2.75, 3.05) is 10.6 Å². The average Bonchev–Trinajstić information content (AvgIpc) is 2.59. The third-order valence-electron chi connectivity index (χ3n) is 3.16. The zero-order chi connectivity index (χ0) is 16.9. The smallest absolute Gasteiger partial charge is 0.258 e. The zero-order valence-electron chi connectivity index (χ0n) is 12.3. The lowest BCUT2D eigenvalue weighted by atomic mass is 10.3. The predicted octanol–water partition coefficient (Wildman–Crippen LogP) is 4.78. The zero-order valence-corrected chi connectivity index (χ0v) is 13.8. The summed E-state index contributed by atoms with van der Waals surface area (Å²) in [7, 11) is 0. The Balaban J connectivity index is 1.71. The highest BCUT2D eigenvalue weighted by Gasteiger charge is 2.10. The lowest BCUT2D eigenvalue weighted by Gasteiger charge is -2.08. The van der Waals surface area contributed by atoms with E-state index in [9.17, 15) is 4.79 Å². The van der Waals surface area contributed by atoms with Gasteiger partial charge in [0.1, 0.15) is 0 Å². The number of hydrogen-bond donors (Lipinski definition) is 2. The van der Waals surface area contributed by atoms with Crippen LogP contribution in [0, 0.1) is 0 Å². The van der Waals surface area contributed by atoms with E-state index in [1.54, 1.807) is 30.3 Å². The van der Waals surface area contributed by atoms with E-state index < -0.39 is 0 Å². The number of benzene rings is 2. The first-order valence-corrected chi connectivity index (χ1v) is 7.78. The third-order valence-corrected chi connectivity index (χ3v) is 3.82. The van der Waals surface area contributed by atoms with Gasteiger partial charge >= 0.3 is 0 Å². The first-order chi connectivity index (χ1) is 11.6. The second-order valence-corrected chi connectivity index (χ2v) is 5.65. The maximum absolute atomic E-state index is 12.2. The minimum Gasteiger partial charge on any atom is -0.323 e. The number of halogens is 2. The monoisotopic (exact) mass is 358 g/mol. The molecule has 0 saturated carbocycles. The van der Waals surface area contributed by atoms with E-state index in [2.05, 4.69) is 20.6 Å². The number of nitrogens with zero attached hydrogens (tertiary/aromatic N) is 2. The molecule has 0 aliphatic heterocycles. The Bertz CT molecular complexity index is 868. The molecule has 0 bridgehead atoms. The van der Waals surface area contributed by atoms with Gasteiger partial charge in [0.25, 0.3) is 5.91 Å². The third kappa shape index (κ3) is 3.82. The first-order valence-electron chi connectivity index (χ1n) is 7.03. The fourth-order valence-electron chi connectivity index (χ4n) is 1.95. The van der Waals surface area contributed by atoms with Gasteiger partial charge in [0.2, 0.25) is 5.95 Å². The fourth-order valence-corrected chi connectivity index (χ4v) is 2.32. The molecule has 0 radical (unpaired) electrons. The molecule has 7 heteroatoms. The first kappa shape index (κ1) is 16.2. The Morgan fingerprint density at radius 3 is 1.96 bits per heavy atom. The minimum atomic E-state index is -0.340. The molecular formula is C17H12Cl2N4O. The van der Waals surface area contributed by atoms with E-state index in [1.165, 1.54) is 12.4 Å². The molecule has 0 saturated heterocycles. The summed E-state index contributed by atoms with van der Waals surface area (Å²) in [5.41, 5.74) is 1.54. The Hall–Kier alpha value is -2.63. The van der Waals surface area contributed by atoms with Crippen LogP contribution in [0.5, 0.6) is 0 Å². The Labute approximate surface area is 148 Å². The number of para-hydroxylation sites is 2. The second-order valence-electron chi connectivity index (χ2n) is 4.83. The van der Waals surface area contributed by atoms with Gasteiger partial charge < -0.3 is 10.6 Å². The highest BCUT2D eigenvalue weighted by atomic mass is 35.5. The molecule has 0 spiro atoms. The number of rotatable bonds is 4. The van der Waals surface area contributed by atoms with Gasteiger partial charge in [-0.3, -0.25) is 4.79 Å². The molecule has 120 valence electrons. The van der Waals surface area contributed by atoms with E-state index in [0.717, 1.165) is 0 Å². The van der Waals surface area contributed by atoms with Gasteiger partial charge in [-0.25, -0.2) is 9.97 Å². The van der Waals surface area contributed by atoms with E-state index in [-0.39, 0.29) is 5.91 Å². The van der Waals surface area contributed by atoms with Gasteiger partial charge in [-0.2, -0.15) is 0 Å². The summed E-state index contributed by atoms with van der Waals surface area (Å²) in [6.45, 7) is 0. The van der Waals surface area contributed by atoms with Crippen molar-refractivity contribution >= 4 is 46.4 Å². The van der Waals surface area contributed by atoms with Crippen LogP contribution in [-0.4, -0.2) is 15.9 Å². The van der Waals surface area contributed by atoms with Crippen LogP contribution in [0.3, 0.4) is 0 Å². The number of hydrogen-bond acceptors (Lipinski definition) is 4. The molecule has 1 aromatic heterocycles. The van der Waals surface area contributed by atoms with Crippen molar-refractivity contribution in [1.29, 1.82) is 0 Å². The fraction of sp³-hybridized carbons (Fsp3) is 0. The molecule has 5 nitrogen and oxygen atoms in total. The Morgan fingerprint density at radius 1 is 0.833 bits per heavy atom. The average molecular weight is 359 g/mol. The van der Waals surface area contributed by atoms with Crippen LogP contribution >= 0.6 is 23.2 Å². The maximum atomic E-state index is 12.2. The summed E-state index contributed by atoms with van der Waals surface area (Å²) in [5.74, 6) is 0.00443. The van der Waals surface area contributed by atoms with Crippen molar-refractivity contribution < 1.29 is 4.79 Å². The largest absolute Gasteiger partial charge is 0.323 e. The van der Waals surface area contributed by atoms with E-state index in [1.807, 2.05) is 18.2 Å². The van der Waals surface area contributed by atoms with Crippen molar-refractivity contribution in [3.05, 3.63) is 76.5 Å². The van der Waals surface area contributed by atoms with Crippen LogP contribution in [0.4, 0.5) is 17.3 Å². The van der Waals surface area contributed by atoms with Gasteiger partial charge in [0, 0.05) is 12.4 Å². The number of carbonyl (C=O) groups excluding carboxylic acids is 1. The summed E-state index contributed by atoms with van der Waals surface area (Å²) in [6, 6.07) is 14.2. The predicted molar refractivity (Wildman–Crippen MR) is 96.2 cm³/mol. The van der Waals surface area contributed by atoms with Crippen molar-refractivity contribution in [3.8, 4) is 0 Å². The number of nitrogens with one attached hydrogen (secondary N) is 2. The summed E-state index contributed by atoms with van der Waals surface area (Å²) < 4.78 is 0. The van der Waals surface area contributed by atoms with Gasteiger partial charge in [-0.1, -0.05) is 47.5 Å². The molecule has 2 aromatic carbocycles. The maximum Gasteiger partial charge on any atom is 0.258 e. The van der Waals surface area contributed by atoms with Gasteiger partial charge in [0.15, 0.2) is 0 Å². The van der Waals surface area contributed by atoms with Crippen molar-refractivity contribution in [3.63, 3.8) is 0 Å². The topological polar surface area (TPSA) is 66.9 Å². The van der Waals surface area contributed by atoms with Crippen molar-refractivity contribution in [1.82, 2.24) is 9.97 Å². The molecule has 3 aromatic rings. The number of carbonyl (C=O) groups is 1. The number of amides is 1. The van der Waals surface area contributed by atoms with Crippen LogP contribution in [0.15, 0.2) is 60.9 Å². The highest BCUT2D eigenvalue weighted by molar-refractivity contribution is 6.34. The van der Waals surface area contributed by atoms with Gasteiger partial charge in [-0.05, 0) is 24.3 Å². The molecular weight excluding hydrogens is 347 g/mol. The second kappa shape index (κ2) is 7.29. The number of aromatic nitrogens is 2. The molecule has 24 heavy (non-hydrogen) atoms. The van der Waals surface area contributed by atoms with E-state index >= 15 is 0 Å². The summed E-state index contributed by atoms with van der Waals surface area (Å²) >= 11 is 12.1. The Kier molecular flexibility index (Phi) is 4.93. The van der Waals surface area contributed by atoms with E-state index in [4.69, 9.17) is 23.2 Å². The molecule has 0 aliphatic carbocycles. The standard InChI is InChI=1S/C17H12Cl2N4O/c18-12-5-1-3-7-14(12)22-16(24)11-9-20-17(21-10-11)23-15-8-4-2-6-13(15)19/h1-10H,(H,22,24)(H,20,21,23). The van der Waals surface area contributed by atoms with Crippen LogP contribution in [0.25, 0.3) is 0 Å². The van der Waals surface area contributed by atoms with Gasteiger partial charge in [0.05, 0.1) is 27.0 Å². The van der Waals surface area contributed by atoms with Crippen LogP contribution in [0.2, 0.25) is 10.0 Å². The van der Waals surface area contributed by atoms with Crippen molar-refractivity contribution in [2.24, 2.45) is 0 Å². The summed E-state index contributed by atoms with van der Waals surface area (Å²) in [6.07, 6.45) is 2.86. The quantitative estimate of drug-likeness (QED) is 0.704. The minimum absolute atomic E-state index is 0.319. The summed E-state index contributed by atoms with van der Waals surface area (Å²) in [4.78, 5) is 20.4. The van der Waals surface area contributed by atoms with Gasteiger partial charge in [-0.15, -0.1) is 0 Å². The molecule has 3 rings (SSSR count). The van der Waals surface area contributed by atoms with Crippen LogP contribution in [-0.2, 0) is 0 Å². The number of anilines is 3. The molecule has 1 heterocycles. The van der Waals surface area contributed by atoms with Crippen LogP contribution < -0.4 is 10.6 Å². The molecule has 0 unspecified atom stereocenters. The lowest BCUT2D eigenvalue weighted by Crippen LogP contribution is -2.13. The molecule has 0 aliphatic rings. The normalized spacial score (nSPS) is 10.2. The lowest BCUT2D eigenvalue weighted by molar-refractivity contribution is 0.102. The van der Waals surface area contributed by atoms with Crippen molar-refractivity contribution in [2.45, 2.75) is 0 Å². The summed E-state index contributed by atoms with van der Waals surface area (Å²) in [5, 5.41) is 6.72. The van der Waals surface area contributed by atoms with Crippen LogP contribution in [0.1, 0.15) is 10.4 Å². The molecule has 0 atom stereocenters. The highest BCUT2D eigenvalue weighted by Crippen LogP contribution is 2.23. The SMILES string of the molecule is O=C(Nc1ccccc1Cl)c1cnc(Nc2ccccc2Cl)nc1. The Morgan fingerprint density at radius 2 is 1.38 bits per heavy atom. The molecule has 0 fully saturated rings.